The van der Waals surface area contributed by atoms with Crippen molar-refractivity contribution in [2.75, 3.05) is 18.6 Å². The number of hydrogen-bond acceptors (Lipinski definition) is 7. The molecule has 0 atom stereocenters. The van der Waals surface area contributed by atoms with E-state index in [0.29, 0.717) is 47.9 Å². The van der Waals surface area contributed by atoms with Crippen LogP contribution in [-0.4, -0.2) is 47.3 Å². The molecule has 2 saturated carbocycles. The Hall–Kier alpha value is -2.89. The highest BCUT2D eigenvalue weighted by Crippen LogP contribution is 2.40. The van der Waals surface area contributed by atoms with Gasteiger partial charge in [-0.25, -0.2) is 4.79 Å². The summed E-state index contributed by atoms with van der Waals surface area (Å²) in [4.78, 5) is 34.2. The fourth-order valence-corrected chi connectivity index (χ4v) is 6.42. The largest absolute Gasteiger partial charge is 0.489 e. The van der Waals surface area contributed by atoms with E-state index in [1.165, 1.54) is 18.4 Å². The predicted octanol–water partition coefficient (Wildman–Crippen LogP) is 6.24. The van der Waals surface area contributed by atoms with Crippen LogP contribution in [0.25, 0.3) is 0 Å². The van der Waals surface area contributed by atoms with Crippen LogP contribution in [-0.2, 0) is 9.53 Å². The molecule has 0 radical (unpaired) electrons. The number of carbonyl (C=O) groups excluding carboxylic acids is 2. The minimum Gasteiger partial charge on any atom is -0.489 e. The van der Waals surface area contributed by atoms with Crippen LogP contribution < -0.4 is 9.64 Å². The molecule has 2 fully saturated rings. The number of anilines is 1. The molecule has 2 heterocycles. The molecule has 2 aromatic heterocycles. The van der Waals surface area contributed by atoms with Crippen LogP contribution in [0.15, 0.2) is 30.6 Å². The Balaban J connectivity index is 1.62. The molecule has 1 amide bonds. The summed E-state index contributed by atoms with van der Waals surface area (Å²) in [5.41, 5.74) is -0.610. The number of pyridine rings is 1. The highest BCUT2D eigenvalue weighted by Gasteiger charge is 2.41. The molecular weight excluding hydrogens is 524 g/mol. The highest BCUT2D eigenvalue weighted by molar-refractivity contribution is 7.15. The van der Waals surface area contributed by atoms with Gasteiger partial charge in [0.05, 0.1) is 29.5 Å². The summed E-state index contributed by atoms with van der Waals surface area (Å²) in [5, 5.41) is 11.3. The zero-order valence-corrected chi connectivity index (χ0v) is 25.2. The number of nitrogens with zero attached hydrogens (tertiary/aromatic N) is 2. The van der Waals surface area contributed by atoms with E-state index >= 15 is 0 Å². The van der Waals surface area contributed by atoms with Gasteiger partial charge in [-0.2, -0.15) is 0 Å². The first-order chi connectivity index (χ1) is 19.0. The highest BCUT2D eigenvalue weighted by atomic mass is 32.1. The molecule has 2 aliphatic rings. The van der Waals surface area contributed by atoms with E-state index in [9.17, 15) is 14.7 Å². The fourth-order valence-electron chi connectivity index (χ4n) is 5.50. The van der Waals surface area contributed by atoms with Gasteiger partial charge in [0.25, 0.3) is 0 Å². The van der Waals surface area contributed by atoms with Gasteiger partial charge in [0.2, 0.25) is 5.91 Å². The first-order valence-electron chi connectivity index (χ1n) is 14.3. The molecule has 7 nitrogen and oxygen atoms in total. The second-order valence-corrected chi connectivity index (χ2v) is 13.5. The number of aromatic nitrogens is 1. The molecule has 216 valence electrons. The van der Waals surface area contributed by atoms with E-state index in [2.05, 4.69) is 23.7 Å². The smallest absolute Gasteiger partial charge is 0.350 e. The van der Waals surface area contributed by atoms with E-state index < -0.39 is 11.6 Å². The Kier molecular flexibility index (Phi) is 9.58. The van der Waals surface area contributed by atoms with Gasteiger partial charge in [-0.15, -0.1) is 11.3 Å². The third kappa shape index (κ3) is 7.64. The molecule has 0 aliphatic heterocycles. The predicted molar refractivity (Wildman–Crippen MR) is 158 cm³/mol. The zero-order valence-electron chi connectivity index (χ0n) is 24.4. The summed E-state index contributed by atoms with van der Waals surface area (Å²) in [6.45, 7) is 8.52. The molecule has 2 aromatic rings. The van der Waals surface area contributed by atoms with Crippen LogP contribution in [0.1, 0.15) is 93.6 Å². The maximum Gasteiger partial charge on any atom is 0.350 e. The van der Waals surface area contributed by atoms with Crippen molar-refractivity contribution in [2.45, 2.75) is 90.7 Å². The first kappa shape index (κ1) is 30.1. The van der Waals surface area contributed by atoms with Gasteiger partial charge < -0.3 is 19.5 Å². The monoisotopic (exact) mass is 566 g/mol. The third-order valence-corrected chi connectivity index (χ3v) is 8.92. The Morgan fingerprint density at radius 2 is 1.88 bits per heavy atom. The number of thiophene rings is 1. The quantitative estimate of drug-likeness (QED) is 0.315. The Morgan fingerprint density at radius 3 is 2.48 bits per heavy atom. The van der Waals surface area contributed by atoms with Crippen LogP contribution in [0.5, 0.6) is 5.75 Å². The zero-order chi connectivity index (χ0) is 28.9. The lowest BCUT2D eigenvalue weighted by Gasteiger charge is -2.42. The number of ether oxygens (including phenoxy) is 2. The van der Waals surface area contributed by atoms with Crippen molar-refractivity contribution in [1.82, 2.24) is 4.98 Å². The van der Waals surface area contributed by atoms with Crippen LogP contribution >= 0.6 is 11.3 Å². The molecule has 40 heavy (non-hydrogen) atoms. The Morgan fingerprint density at radius 1 is 1.18 bits per heavy atom. The van der Waals surface area contributed by atoms with Crippen LogP contribution in [0.4, 0.5) is 5.69 Å². The van der Waals surface area contributed by atoms with Gasteiger partial charge in [0, 0.05) is 23.6 Å². The number of aliphatic hydroxyl groups is 1. The topological polar surface area (TPSA) is 89.0 Å². The molecular formula is C32H42N2O5S. The molecule has 0 spiro atoms. The molecule has 0 aromatic carbocycles. The Bertz CT molecular complexity index is 1220. The second-order valence-electron chi connectivity index (χ2n) is 12.4. The van der Waals surface area contributed by atoms with Crippen molar-refractivity contribution in [3.8, 4) is 17.6 Å². The summed E-state index contributed by atoms with van der Waals surface area (Å²) in [5.74, 6) is 7.21. The van der Waals surface area contributed by atoms with Gasteiger partial charge in [-0.3, -0.25) is 9.78 Å². The van der Waals surface area contributed by atoms with Crippen LogP contribution in [0.3, 0.4) is 0 Å². The number of esters is 1. The number of amides is 1. The van der Waals surface area contributed by atoms with E-state index in [-0.39, 0.29) is 29.9 Å². The third-order valence-electron chi connectivity index (χ3n) is 7.90. The minimum atomic E-state index is -0.996. The van der Waals surface area contributed by atoms with Gasteiger partial charge in [0.15, 0.2) is 0 Å². The van der Waals surface area contributed by atoms with E-state index in [0.717, 1.165) is 30.6 Å². The van der Waals surface area contributed by atoms with Crippen LogP contribution in [0, 0.1) is 29.1 Å². The molecule has 8 heteroatoms. The van der Waals surface area contributed by atoms with Gasteiger partial charge in [-0.05, 0) is 96.3 Å². The number of rotatable bonds is 7. The average Bonchev–Trinajstić information content (AvgIpc) is 3.36. The van der Waals surface area contributed by atoms with E-state index in [1.807, 2.05) is 37.8 Å². The van der Waals surface area contributed by atoms with Crippen molar-refractivity contribution < 1.29 is 24.2 Å². The second kappa shape index (κ2) is 12.7. The fraction of sp³-hybridized carbons (Fsp3) is 0.594. The minimum absolute atomic E-state index is 0.0623. The lowest BCUT2D eigenvalue weighted by atomic mass is 9.79. The van der Waals surface area contributed by atoms with Gasteiger partial charge in [0.1, 0.15) is 17.2 Å². The average molecular weight is 567 g/mol. The summed E-state index contributed by atoms with van der Waals surface area (Å²) in [7, 11) is 1.37. The summed E-state index contributed by atoms with van der Waals surface area (Å²) in [6.07, 6.45) is 9.22. The summed E-state index contributed by atoms with van der Waals surface area (Å²) in [6, 6.07) is 5.35. The molecule has 2 aliphatic carbocycles. The molecule has 0 bridgehead atoms. The van der Waals surface area contributed by atoms with Crippen LogP contribution in [0.2, 0.25) is 0 Å². The number of methoxy groups -OCH3 is 1. The number of hydrogen-bond donors (Lipinski definition) is 1. The van der Waals surface area contributed by atoms with Crippen molar-refractivity contribution in [3.63, 3.8) is 0 Å². The van der Waals surface area contributed by atoms with E-state index in [4.69, 9.17) is 9.47 Å². The van der Waals surface area contributed by atoms with Gasteiger partial charge >= 0.3 is 5.97 Å². The van der Waals surface area contributed by atoms with Crippen molar-refractivity contribution >= 4 is 28.9 Å². The Labute approximate surface area is 242 Å². The standard InChI is InChI=1S/C32H42N2O5S/c1-22-8-10-23(11-9-22)29(35)34(27-19-26(14-15-31(2,3)4)40-28(27)30(36)38-5)24-12-16-32(37,17-13-24)21-39-25-7-6-18-33-20-25/h6-7,18-20,22-24,37H,8-13,16-17,21H2,1-5H3. The lowest BCUT2D eigenvalue weighted by molar-refractivity contribution is -0.124. The lowest BCUT2D eigenvalue weighted by Crippen LogP contribution is -2.50. The van der Waals surface area contributed by atoms with E-state index in [1.54, 1.807) is 18.5 Å². The molecule has 0 unspecified atom stereocenters. The maximum atomic E-state index is 14.2. The molecule has 0 saturated heterocycles. The SMILES string of the molecule is COC(=O)c1sc(C#CC(C)(C)C)cc1N(C(=O)C1CCC(C)CC1)C1CCC(O)(COc2cccnc2)CC1. The molecule has 4 rings (SSSR count). The van der Waals surface area contributed by atoms with Crippen molar-refractivity contribution in [3.05, 3.63) is 40.3 Å². The van der Waals surface area contributed by atoms with Crippen molar-refractivity contribution in [1.29, 1.82) is 0 Å². The van der Waals surface area contributed by atoms with Gasteiger partial charge in [-0.1, -0.05) is 18.8 Å². The van der Waals surface area contributed by atoms with Crippen molar-refractivity contribution in [2.24, 2.45) is 17.3 Å². The molecule has 1 N–H and O–H groups in total. The maximum absolute atomic E-state index is 14.2. The normalized spacial score (nSPS) is 24.9. The summed E-state index contributed by atoms with van der Waals surface area (Å²) >= 11 is 1.28. The summed E-state index contributed by atoms with van der Waals surface area (Å²) < 4.78 is 11.0. The number of carbonyl (C=O) groups is 2. The first-order valence-corrected chi connectivity index (χ1v) is 15.1.